The Morgan fingerprint density at radius 2 is 1.88 bits per heavy atom. The molecule has 0 spiro atoms. The summed E-state index contributed by atoms with van der Waals surface area (Å²) < 4.78 is 13.9. The third-order valence-corrected chi connectivity index (χ3v) is 4.92. The third kappa shape index (κ3) is 2.95. The molecule has 6 nitrogen and oxygen atoms in total. The second-order valence-corrected chi connectivity index (χ2v) is 6.79. The van der Waals surface area contributed by atoms with E-state index in [4.69, 9.17) is 0 Å². The van der Waals surface area contributed by atoms with Crippen LogP contribution in [0, 0.1) is 5.82 Å². The van der Waals surface area contributed by atoms with E-state index in [9.17, 15) is 18.8 Å². The number of nitrogens with zero attached hydrogens (tertiary/aromatic N) is 2. The van der Waals surface area contributed by atoms with Crippen LogP contribution in [0.1, 0.15) is 23.2 Å². The van der Waals surface area contributed by atoms with Crippen molar-refractivity contribution >= 4 is 50.1 Å². The van der Waals surface area contributed by atoms with Crippen molar-refractivity contribution in [3.63, 3.8) is 0 Å². The van der Waals surface area contributed by atoms with Crippen molar-refractivity contribution in [2.75, 3.05) is 10.2 Å². The second-order valence-electron chi connectivity index (χ2n) is 5.76. The lowest BCUT2D eigenvalue weighted by Gasteiger charge is -2.14. The second kappa shape index (κ2) is 6.30. The number of rotatable bonds is 3. The van der Waals surface area contributed by atoms with E-state index >= 15 is 0 Å². The zero-order chi connectivity index (χ0) is 18.3. The fourth-order valence-electron chi connectivity index (χ4n) is 2.77. The van der Waals surface area contributed by atoms with Gasteiger partial charge in [0.25, 0.3) is 5.91 Å². The first-order valence-corrected chi connectivity index (χ1v) is 8.66. The maximum absolute atomic E-state index is 13.3. The highest BCUT2D eigenvalue weighted by Gasteiger charge is 2.30. The Kier molecular flexibility index (Phi) is 3.96. The molecule has 0 saturated carbocycles. The molecule has 0 radical (unpaired) electrons. The first kappa shape index (κ1) is 16.3. The lowest BCUT2D eigenvalue weighted by molar-refractivity contribution is -0.121. The molecule has 2 aromatic carbocycles. The first-order chi connectivity index (χ1) is 12.5. The van der Waals surface area contributed by atoms with Crippen molar-refractivity contribution < 1.29 is 18.8 Å². The van der Waals surface area contributed by atoms with Gasteiger partial charge in [0, 0.05) is 18.4 Å². The Labute approximate surface area is 151 Å². The molecule has 1 aromatic heterocycles. The Balaban J connectivity index is 1.58. The minimum atomic E-state index is -0.425. The van der Waals surface area contributed by atoms with Crippen LogP contribution < -0.4 is 10.2 Å². The summed E-state index contributed by atoms with van der Waals surface area (Å²) in [5, 5.41) is 3.01. The molecule has 130 valence electrons. The van der Waals surface area contributed by atoms with E-state index in [1.807, 2.05) is 0 Å². The van der Waals surface area contributed by atoms with E-state index in [0.29, 0.717) is 26.6 Å². The van der Waals surface area contributed by atoms with Gasteiger partial charge in [-0.05, 0) is 36.4 Å². The highest BCUT2D eigenvalue weighted by molar-refractivity contribution is 7.22. The molecule has 26 heavy (non-hydrogen) atoms. The number of carbonyl (C=O) groups excluding carboxylic acids is 3. The van der Waals surface area contributed by atoms with Gasteiger partial charge in [0.15, 0.2) is 5.13 Å². The van der Waals surface area contributed by atoms with Crippen LogP contribution in [-0.2, 0) is 9.59 Å². The number of anilines is 2. The number of hydrogen-bond acceptors (Lipinski definition) is 5. The van der Waals surface area contributed by atoms with Gasteiger partial charge in [-0.15, -0.1) is 0 Å². The fourth-order valence-corrected chi connectivity index (χ4v) is 3.66. The van der Waals surface area contributed by atoms with Crippen molar-refractivity contribution in [3.05, 3.63) is 53.8 Å². The van der Waals surface area contributed by atoms with Crippen molar-refractivity contribution in [1.29, 1.82) is 0 Å². The van der Waals surface area contributed by atoms with E-state index in [2.05, 4.69) is 10.3 Å². The number of amides is 3. The third-order valence-electron chi connectivity index (χ3n) is 3.99. The molecule has 0 unspecified atom stereocenters. The Morgan fingerprint density at radius 3 is 2.65 bits per heavy atom. The highest BCUT2D eigenvalue weighted by atomic mass is 32.1. The van der Waals surface area contributed by atoms with Crippen LogP contribution in [0.3, 0.4) is 0 Å². The number of imide groups is 1. The maximum atomic E-state index is 13.3. The summed E-state index contributed by atoms with van der Waals surface area (Å²) in [5.74, 6) is -1.35. The van der Waals surface area contributed by atoms with Crippen molar-refractivity contribution in [3.8, 4) is 0 Å². The summed E-state index contributed by atoms with van der Waals surface area (Å²) in [5.41, 5.74) is 1.26. The average molecular weight is 369 g/mol. The van der Waals surface area contributed by atoms with Gasteiger partial charge in [-0.1, -0.05) is 17.4 Å². The van der Waals surface area contributed by atoms with E-state index in [-0.39, 0.29) is 30.5 Å². The monoisotopic (exact) mass is 369 g/mol. The number of halogens is 1. The van der Waals surface area contributed by atoms with Crippen LogP contribution in [0.25, 0.3) is 10.2 Å². The molecular formula is C18H12FN3O3S. The summed E-state index contributed by atoms with van der Waals surface area (Å²) in [6.45, 7) is 0. The average Bonchev–Trinajstić information content (AvgIpc) is 3.16. The molecule has 1 fully saturated rings. The molecule has 4 rings (SSSR count). The molecule has 8 heteroatoms. The van der Waals surface area contributed by atoms with Crippen LogP contribution in [0.2, 0.25) is 0 Å². The molecule has 1 saturated heterocycles. The van der Waals surface area contributed by atoms with Crippen molar-refractivity contribution in [2.24, 2.45) is 0 Å². The van der Waals surface area contributed by atoms with Gasteiger partial charge in [-0.25, -0.2) is 9.37 Å². The molecule has 0 aliphatic carbocycles. The first-order valence-electron chi connectivity index (χ1n) is 7.84. The van der Waals surface area contributed by atoms with Crippen LogP contribution in [-0.4, -0.2) is 22.7 Å². The lowest BCUT2D eigenvalue weighted by Crippen LogP contribution is -2.28. The van der Waals surface area contributed by atoms with E-state index in [1.54, 1.807) is 24.3 Å². The van der Waals surface area contributed by atoms with E-state index in [1.165, 1.54) is 18.2 Å². The number of aromatic nitrogens is 1. The fraction of sp³-hybridized carbons (Fsp3) is 0.111. The van der Waals surface area contributed by atoms with Gasteiger partial charge in [0.05, 0.1) is 15.9 Å². The minimum absolute atomic E-state index is 0.178. The number of fused-ring (bicyclic) bond motifs is 1. The summed E-state index contributed by atoms with van der Waals surface area (Å²) >= 11 is 1.16. The summed E-state index contributed by atoms with van der Waals surface area (Å²) in [7, 11) is 0. The van der Waals surface area contributed by atoms with Crippen molar-refractivity contribution in [2.45, 2.75) is 12.8 Å². The number of hydrogen-bond donors (Lipinski definition) is 1. The van der Waals surface area contributed by atoms with Gasteiger partial charge >= 0.3 is 0 Å². The number of nitrogens with one attached hydrogen (secondary N) is 1. The maximum Gasteiger partial charge on any atom is 0.257 e. The normalized spacial score (nSPS) is 14.3. The SMILES string of the molecule is O=C(Nc1nc2ccc(F)cc2s1)c1cccc(N2C(=O)CCC2=O)c1. The molecule has 0 atom stereocenters. The number of carbonyl (C=O) groups is 3. The molecule has 0 bridgehead atoms. The molecule has 2 heterocycles. The number of benzene rings is 2. The predicted octanol–water partition coefficient (Wildman–Crippen LogP) is 3.34. The van der Waals surface area contributed by atoms with E-state index in [0.717, 1.165) is 16.2 Å². The van der Waals surface area contributed by atoms with Crippen LogP contribution in [0.15, 0.2) is 42.5 Å². The molecule has 1 aliphatic rings. The van der Waals surface area contributed by atoms with Crippen molar-refractivity contribution in [1.82, 2.24) is 4.98 Å². The summed E-state index contributed by atoms with van der Waals surface area (Å²) in [6, 6.07) is 10.5. The van der Waals surface area contributed by atoms with Gasteiger partial charge in [0.2, 0.25) is 11.8 Å². The van der Waals surface area contributed by atoms with E-state index < -0.39 is 5.91 Å². The standard InChI is InChI=1S/C18H12FN3O3S/c19-11-4-5-13-14(9-11)26-18(20-13)21-17(25)10-2-1-3-12(8-10)22-15(23)6-7-16(22)24/h1-5,8-9H,6-7H2,(H,20,21,25). The summed E-state index contributed by atoms with van der Waals surface area (Å²) in [4.78, 5) is 41.5. The van der Waals surface area contributed by atoms with Gasteiger partial charge < -0.3 is 0 Å². The Morgan fingerprint density at radius 1 is 1.12 bits per heavy atom. The largest absolute Gasteiger partial charge is 0.298 e. The van der Waals surface area contributed by atoms with Gasteiger partial charge in [-0.2, -0.15) is 0 Å². The Bertz CT molecular complexity index is 1050. The topological polar surface area (TPSA) is 79.4 Å². The summed E-state index contributed by atoms with van der Waals surface area (Å²) in [6.07, 6.45) is 0.356. The lowest BCUT2D eigenvalue weighted by atomic mass is 10.2. The minimum Gasteiger partial charge on any atom is -0.298 e. The molecular weight excluding hydrogens is 357 g/mol. The van der Waals surface area contributed by atoms with Crippen LogP contribution in [0.4, 0.5) is 15.2 Å². The van der Waals surface area contributed by atoms with Crippen LogP contribution in [0.5, 0.6) is 0 Å². The smallest absolute Gasteiger partial charge is 0.257 e. The zero-order valence-corrected chi connectivity index (χ0v) is 14.2. The molecule has 1 aliphatic heterocycles. The Hall–Kier alpha value is -3.13. The van der Waals surface area contributed by atoms with Gasteiger partial charge in [0.1, 0.15) is 5.82 Å². The van der Waals surface area contributed by atoms with Crippen LogP contribution >= 0.6 is 11.3 Å². The highest BCUT2D eigenvalue weighted by Crippen LogP contribution is 2.28. The van der Waals surface area contributed by atoms with Gasteiger partial charge in [-0.3, -0.25) is 24.6 Å². The molecule has 3 aromatic rings. The quantitative estimate of drug-likeness (QED) is 0.718. The number of thiazole rings is 1. The molecule has 1 N–H and O–H groups in total. The zero-order valence-electron chi connectivity index (χ0n) is 13.4. The molecule has 3 amide bonds. The predicted molar refractivity (Wildman–Crippen MR) is 95.7 cm³/mol.